The number of rotatable bonds is 3. The highest BCUT2D eigenvalue weighted by Gasteiger charge is 2.19. The molecule has 0 amide bonds. The molecular formula is C11H18N4. The molecule has 1 aromatic heterocycles. The first kappa shape index (κ1) is 10.4. The molecule has 0 spiro atoms. The predicted octanol–water partition coefficient (Wildman–Crippen LogP) is 1.28. The van der Waals surface area contributed by atoms with Crippen molar-refractivity contribution in [3.05, 3.63) is 18.5 Å². The van der Waals surface area contributed by atoms with Gasteiger partial charge in [-0.1, -0.05) is 0 Å². The van der Waals surface area contributed by atoms with Crippen molar-refractivity contribution in [2.24, 2.45) is 5.92 Å². The van der Waals surface area contributed by atoms with Gasteiger partial charge < -0.3 is 10.6 Å². The molecule has 2 unspecified atom stereocenters. The minimum absolute atomic E-state index is 0.431. The molecule has 1 aliphatic heterocycles. The van der Waals surface area contributed by atoms with Gasteiger partial charge in [-0.05, 0) is 44.8 Å². The van der Waals surface area contributed by atoms with E-state index in [1.54, 1.807) is 12.4 Å². The summed E-state index contributed by atoms with van der Waals surface area (Å²) in [4.78, 5) is 8.34. The SMILES string of the molecule is CC(Nc1ncccn1)C1CCCNC1. The van der Waals surface area contributed by atoms with Gasteiger partial charge in [0, 0.05) is 18.4 Å². The Hall–Kier alpha value is -1.16. The van der Waals surface area contributed by atoms with Gasteiger partial charge in [-0.15, -0.1) is 0 Å². The van der Waals surface area contributed by atoms with E-state index in [-0.39, 0.29) is 0 Å². The van der Waals surface area contributed by atoms with Crippen molar-refractivity contribution in [1.82, 2.24) is 15.3 Å². The number of hydrogen-bond donors (Lipinski definition) is 2. The van der Waals surface area contributed by atoms with E-state index in [0.29, 0.717) is 12.0 Å². The third-order valence-corrected chi connectivity index (χ3v) is 2.96. The molecule has 0 bridgehead atoms. The van der Waals surface area contributed by atoms with Crippen molar-refractivity contribution >= 4 is 5.95 Å². The van der Waals surface area contributed by atoms with E-state index in [0.717, 1.165) is 19.0 Å². The summed E-state index contributed by atoms with van der Waals surface area (Å²) in [5.41, 5.74) is 0. The lowest BCUT2D eigenvalue weighted by Gasteiger charge is -2.28. The fraction of sp³-hybridized carbons (Fsp3) is 0.636. The Balaban J connectivity index is 1.88. The monoisotopic (exact) mass is 206 g/mol. The number of nitrogens with zero attached hydrogens (tertiary/aromatic N) is 2. The van der Waals surface area contributed by atoms with Gasteiger partial charge >= 0.3 is 0 Å². The minimum Gasteiger partial charge on any atom is -0.351 e. The lowest BCUT2D eigenvalue weighted by Crippen LogP contribution is -2.39. The molecule has 82 valence electrons. The van der Waals surface area contributed by atoms with E-state index in [1.165, 1.54) is 12.8 Å². The molecule has 2 rings (SSSR count). The summed E-state index contributed by atoms with van der Waals surface area (Å²) in [5.74, 6) is 1.41. The van der Waals surface area contributed by atoms with Gasteiger partial charge in [0.2, 0.25) is 5.95 Å². The van der Waals surface area contributed by atoms with Crippen molar-refractivity contribution in [3.63, 3.8) is 0 Å². The molecule has 1 aliphatic rings. The molecule has 0 aromatic carbocycles. The van der Waals surface area contributed by atoms with E-state index in [1.807, 2.05) is 6.07 Å². The first-order valence-corrected chi connectivity index (χ1v) is 5.60. The summed E-state index contributed by atoms with van der Waals surface area (Å²) in [6, 6.07) is 2.26. The molecular weight excluding hydrogens is 188 g/mol. The number of anilines is 1. The van der Waals surface area contributed by atoms with Gasteiger partial charge in [0.25, 0.3) is 0 Å². The molecule has 2 N–H and O–H groups in total. The van der Waals surface area contributed by atoms with Crippen LogP contribution < -0.4 is 10.6 Å². The highest BCUT2D eigenvalue weighted by Crippen LogP contribution is 2.16. The van der Waals surface area contributed by atoms with Crippen molar-refractivity contribution in [2.45, 2.75) is 25.8 Å². The van der Waals surface area contributed by atoms with Crippen molar-refractivity contribution in [3.8, 4) is 0 Å². The van der Waals surface area contributed by atoms with Crippen molar-refractivity contribution < 1.29 is 0 Å². The highest BCUT2D eigenvalue weighted by atomic mass is 15.1. The van der Waals surface area contributed by atoms with Crippen LogP contribution in [0.15, 0.2) is 18.5 Å². The molecule has 1 fully saturated rings. The largest absolute Gasteiger partial charge is 0.351 e. The molecule has 1 saturated heterocycles. The third-order valence-electron chi connectivity index (χ3n) is 2.96. The summed E-state index contributed by atoms with van der Waals surface area (Å²) in [6.45, 7) is 4.46. The molecule has 0 radical (unpaired) electrons. The summed E-state index contributed by atoms with van der Waals surface area (Å²) in [7, 11) is 0. The van der Waals surface area contributed by atoms with Crippen molar-refractivity contribution in [2.75, 3.05) is 18.4 Å². The summed E-state index contributed by atoms with van der Waals surface area (Å²) in [5, 5.41) is 6.77. The van der Waals surface area contributed by atoms with Crippen LogP contribution in [0.3, 0.4) is 0 Å². The fourth-order valence-electron chi connectivity index (χ4n) is 2.00. The van der Waals surface area contributed by atoms with Gasteiger partial charge in [-0.25, -0.2) is 9.97 Å². The van der Waals surface area contributed by atoms with Crippen LogP contribution in [0.1, 0.15) is 19.8 Å². The van der Waals surface area contributed by atoms with Crippen LogP contribution in [-0.2, 0) is 0 Å². The molecule has 4 heteroatoms. The Labute approximate surface area is 90.5 Å². The normalized spacial score (nSPS) is 23.4. The standard InChI is InChI=1S/C11H18N4/c1-9(10-4-2-5-12-8-10)15-11-13-6-3-7-14-11/h3,6-7,9-10,12H,2,4-5,8H2,1H3,(H,13,14,15). The van der Waals surface area contributed by atoms with E-state index >= 15 is 0 Å². The average Bonchev–Trinajstić information content (AvgIpc) is 2.31. The molecule has 0 aliphatic carbocycles. The van der Waals surface area contributed by atoms with Crippen LogP contribution in [0, 0.1) is 5.92 Å². The van der Waals surface area contributed by atoms with E-state index in [2.05, 4.69) is 27.5 Å². The zero-order valence-corrected chi connectivity index (χ0v) is 9.11. The summed E-state index contributed by atoms with van der Waals surface area (Å²) >= 11 is 0. The third kappa shape index (κ3) is 2.89. The number of nitrogens with one attached hydrogen (secondary N) is 2. The molecule has 2 atom stereocenters. The predicted molar refractivity (Wildman–Crippen MR) is 60.7 cm³/mol. The maximum atomic E-state index is 4.17. The number of hydrogen-bond acceptors (Lipinski definition) is 4. The zero-order chi connectivity index (χ0) is 10.5. The van der Waals surface area contributed by atoms with E-state index in [4.69, 9.17) is 0 Å². The first-order valence-electron chi connectivity index (χ1n) is 5.60. The van der Waals surface area contributed by atoms with Gasteiger partial charge in [0.05, 0.1) is 0 Å². The second-order valence-electron chi connectivity index (χ2n) is 4.11. The maximum Gasteiger partial charge on any atom is 0.222 e. The molecule has 1 aromatic rings. The van der Waals surface area contributed by atoms with Crippen molar-refractivity contribution in [1.29, 1.82) is 0 Å². The van der Waals surface area contributed by atoms with Crippen LogP contribution >= 0.6 is 0 Å². The Morgan fingerprint density at radius 2 is 2.27 bits per heavy atom. The van der Waals surface area contributed by atoms with Crippen LogP contribution in [0.5, 0.6) is 0 Å². The summed E-state index contributed by atoms with van der Waals surface area (Å²) in [6.07, 6.45) is 6.09. The Kier molecular flexibility index (Phi) is 3.50. The molecule has 15 heavy (non-hydrogen) atoms. The van der Waals surface area contributed by atoms with Crippen LogP contribution in [0.2, 0.25) is 0 Å². The average molecular weight is 206 g/mol. The van der Waals surface area contributed by atoms with Crippen LogP contribution in [-0.4, -0.2) is 29.1 Å². The lowest BCUT2D eigenvalue weighted by atomic mass is 9.93. The molecule has 0 saturated carbocycles. The molecule has 2 heterocycles. The topological polar surface area (TPSA) is 49.8 Å². The molecule has 4 nitrogen and oxygen atoms in total. The Bertz CT molecular complexity index is 282. The zero-order valence-electron chi connectivity index (χ0n) is 9.11. The van der Waals surface area contributed by atoms with E-state index < -0.39 is 0 Å². The second-order valence-corrected chi connectivity index (χ2v) is 4.11. The highest BCUT2D eigenvalue weighted by molar-refractivity contribution is 5.24. The van der Waals surface area contributed by atoms with Crippen LogP contribution in [0.4, 0.5) is 5.95 Å². The maximum absolute atomic E-state index is 4.17. The Morgan fingerprint density at radius 1 is 1.47 bits per heavy atom. The quantitative estimate of drug-likeness (QED) is 0.782. The number of piperidine rings is 1. The fourth-order valence-corrected chi connectivity index (χ4v) is 2.00. The number of aromatic nitrogens is 2. The van der Waals surface area contributed by atoms with Gasteiger partial charge in [0.15, 0.2) is 0 Å². The summed E-state index contributed by atoms with van der Waals surface area (Å²) < 4.78 is 0. The van der Waals surface area contributed by atoms with Gasteiger partial charge in [0.1, 0.15) is 0 Å². The van der Waals surface area contributed by atoms with Gasteiger partial charge in [-0.2, -0.15) is 0 Å². The first-order chi connectivity index (χ1) is 7.36. The van der Waals surface area contributed by atoms with Gasteiger partial charge in [-0.3, -0.25) is 0 Å². The smallest absolute Gasteiger partial charge is 0.222 e. The Morgan fingerprint density at radius 3 is 2.93 bits per heavy atom. The van der Waals surface area contributed by atoms with Crippen LogP contribution in [0.25, 0.3) is 0 Å². The lowest BCUT2D eigenvalue weighted by molar-refractivity contribution is 0.346. The second kappa shape index (κ2) is 5.07. The van der Waals surface area contributed by atoms with E-state index in [9.17, 15) is 0 Å². The minimum atomic E-state index is 0.431.